The standard InChI is InChI=1S/C12H20N2O2.C2H4/c1-6-10(7-2)14(9(3)4)12(16)8-11(15)13-5;1-2/h6-7,9H,1,8H2,2-5H3,(H,13,15);1-2H2/b10-7+;. The summed E-state index contributed by atoms with van der Waals surface area (Å²) in [6, 6.07) is 0.00126. The van der Waals surface area contributed by atoms with Gasteiger partial charge >= 0.3 is 0 Å². The Morgan fingerprint density at radius 2 is 1.83 bits per heavy atom. The highest BCUT2D eigenvalue weighted by atomic mass is 16.2. The third-order valence-corrected chi connectivity index (χ3v) is 2.16. The lowest BCUT2D eigenvalue weighted by atomic mass is 10.2. The van der Waals surface area contributed by atoms with E-state index in [9.17, 15) is 9.59 Å². The Balaban J connectivity index is 0. The van der Waals surface area contributed by atoms with Gasteiger partial charge in [-0.25, -0.2) is 0 Å². The highest BCUT2D eigenvalue weighted by Gasteiger charge is 2.21. The molecule has 4 nitrogen and oxygen atoms in total. The lowest BCUT2D eigenvalue weighted by Gasteiger charge is -2.27. The van der Waals surface area contributed by atoms with Gasteiger partial charge in [-0.15, -0.1) is 13.2 Å². The van der Waals surface area contributed by atoms with Crippen molar-refractivity contribution in [1.82, 2.24) is 10.2 Å². The average Bonchev–Trinajstić information content (AvgIpc) is 2.37. The molecule has 0 bridgehead atoms. The molecule has 0 aromatic carbocycles. The number of allylic oxidation sites excluding steroid dienone is 2. The Morgan fingerprint density at radius 3 is 2.11 bits per heavy atom. The van der Waals surface area contributed by atoms with Crippen LogP contribution in [0.15, 0.2) is 37.6 Å². The third kappa shape index (κ3) is 6.03. The molecule has 4 heteroatoms. The Kier molecular flexibility index (Phi) is 10.6. The fraction of sp³-hybridized carbons (Fsp3) is 0.429. The van der Waals surface area contributed by atoms with E-state index in [1.165, 1.54) is 7.05 Å². The van der Waals surface area contributed by atoms with Gasteiger partial charge in [0.05, 0.1) is 0 Å². The van der Waals surface area contributed by atoms with Crippen molar-refractivity contribution in [2.24, 2.45) is 0 Å². The Labute approximate surface area is 110 Å². The van der Waals surface area contributed by atoms with Crippen molar-refractivity contribution in [3.05, 3.63) is 37.6 Å². The topological polar surface area (TPSA) is 49.4 Å². The van der Waals surface area contributed by atoms with Crippen LogP contribution in [0.5, 0.6) is 0 Å². The maximum atomic E-state index is 11.9. The predicted molar refractivity (Wildman–Crippen MR) is 75.9 cm³/mol. The first-order valence-electron chi connectivity index (χ1n) is 5.79. The number of carbonyl (C=O) groups is 2. The maximum absolute atomic E-state index is 11.9. The summed E-state index contributed by atoms with van der Waals surface area (Å²) in [7, 11) is 1.51. The van der Waals surface area contributed by atoms with E-state index in [2.05, 4.69) is 25.1 Å². The molecule has 0 aliphatic rings. The number of amides is 2. The summed E-state index contributed by atoms with van der Waals surface area (Å²) in [6.45, 7) is 15.3. The molecular weight excluding hydrogens is 228 g/mol. The number of hydrogen-bond donors (Lipinski definition) is 1. The zero-order chi connectivity index (χ0) is 14.7. The van der Waals surface area contributed by atoms with E-state index in [4.69, 9.17) is 0 Å². The van der Waals surface area contributed by atoms with Crippen molar-refractivity contribution in [3.8, 4) is 0 Å². The van der Waals surface area contributed by atoms with E-state index in [0.29, 0.717) is 0 Å². The van der Waals surface area contributed by atoms with Crippen molar-refractivity contribution in [3.63, 3.8) is 0 Å². The Morgan fingerprint density at radius 1 is 1.33 bits per heavy atom. The first-order valence-corrected chi connectivity index (χ1v) is 5.79. The molecule has 0 saturated heterocycles. The van der Waals surface area contributed by atoms with Crippen LogP contribution < -0.4 is 5.32 Å². The lowest BCUT2D eigenvalue weighted by molar-refractivity contribution is -0.135. The van der Waals surface area contributed by atoms with Crippen LogP contribution in [0.3, 0.4) is 0 Å². The molecule has 0 radical (unpaired) electrons. The van der Waals surface area contributed by atoms with E-state index >= 15 is 0 Å². The second kappa shape index (κ2) is 10.3. The fourth-order valence-corrected chi connectivity index (χ4v) is 1.40. The molecule has 0 aliphatic heterocycles. The number of carbonyl (C=O) groups excluding carboxylic acids is 2. The molecule has 2 amide bonds. The van der Waals surface area contributed by atoms with Gasteiger partial charge in [-0.2, -0.15) is 0 Å². The predicted octanol–water partition coefficient (Wildman–Crippen LogP) is 2.25. The zero-order valence-corrected chi connectivity index (χ0v) is 11.8. The normalized spacial score (nSPS) is 10.2. The minimum atomic E-state index is -0.282. The molecule has 0 aliphatic carbocycles. The molecule has 0 aromatic rings. The SMILES string of the molecule is C=C.C=C/C(=C\C)N(C(=O)CC(=O)NC)C(C)C. The van der Waals surface area contributed by atoms with E-state index in [-0.39, 0.29) is 24.3 Å². The smallest absolute Gasteiger partial charge is 0.236 e. The molecule has 0 unspecified atom stereocenters. The molecule has 1 N–H and O–H groups in total. The second-order valence-corrected chi connectivity index (χ2v) is 3.63. The summed E-state index contributed by atoms with van der Waals surface area (Å²) in [5.74, 6) is -0.502. The molecule has 18 heavy (non-hydrogen) atoms. The van der Waals surface area contributed by atoms with Gasteiger partial charge in [0.2, 0.25) is 11.8 Å². The van der Waals surface area contributed by atoms with Gasteiger partial charge in [0.1, 0.15) is 6.42 Å². The molecule has 0 saturated carbocycles. The van der Waals surface area contributed by atoms with Gasteiger partial charge in [-0.3, -0.25) is 9.59 Å². The first kappa shape index (κ1) is 18.5. The summed E-state index contributed by atoms with van der Waals surface area (Å²) in [6.07, 6.45) is 3.27. The van der Waals surface area contributed by atoms with Gasteiger partial charge in [0.25, 0.3) is 0 Å². The second-order valence-electron chi connectivity index (χ2n) is 3.63. The van der Waals surface area contributed by atoms with Crippen molar-refractivity contribution in [2.75, 3.05) is 7.05 Å². The molecule has 0 fully saturated rings. The molecule has 0 rings (SSSR count). The van der Waals surface area contributed by atoms with Crippen molar-refractivity contribution < 1.29 is 9.59 Å². The number of nitrogens with zero attached hydrogens (tertiary/aromatic N) is 1. The number of nitrogens with one attached hydrogen (secondary N) is 1. The monoisotopic (exact) mass is 252 g/mol. The molecular formula is C14H24N2O2. The largest absolute Gasteiger partial charge is 0.359 e. The number of hydrogen-bond acceptors (Lipinski definition) is 2. The van der Waals surface area contributed by atoms with Crippen molar-refractivity contribution in [1.29, 1.82) is 0 Å². The molecule has 0 heterocycles. The number of rotatable bonds is 5. The molecule has 102 valence electrons. The van der Waals surface area contributed by atoms with E-state index in [1.807, 2.05) is 20.8 Å². The fourth-order valence-electron chi connectivity index (χ4n) is 1.40. The van der Waals surface area contributed by atoms with Gasteiger partial charge in [0, 0.05) is 18.8 Å². The quantitative estimate of drug-likeness (QED) is 0.463. The van der Waals surface area contributed by atoms with Gasteiger partial charge in [0.15, 0.2) is 0 Å². The zero-order valence-electron chi connectivity index (χ0n) is 11.8. The molecule has 0 aromatic heterocycles. The maximum Gasteiger partial charge on any atom is 0.236 e. The van der Waals surface area contributed by atoms with Crippen LogP contribution in [0.4, 0.5) is 0 Å². The van der Waals surface area contributed by atoms with E-state index in [1.54, 1.807) is 17.1 Å². The van der Waals surface area contributed by atoms with Crippen LogP contribution in [-0.4, -0.2) is 29.8 Å². The van der Waals surface area contributed by atoms with Crippen molar-refractivity contribution >= 4 is 11.8 Å². The average molecular weight is 252 g/mol. The summed E-state index contributed by atoms with van der Waals surface area (Å²) >= 11 is 0. The Bertz CT molecular complexity index is 320. The van der Waals surface area contributed by atoms with Gasteiger partial charge in [-0.1, -0.05) is 12.7 Å². The molecule has 0 atom stereocenters. The highest BCUT2D eigenvalue weighted by molar-refractivity contribution is 5.97. The summed E-state index contributed by atoms with van der Waals surface area (Å²) in [5, 5.41) is 2.43. The minimum absolute atomic E-state index is 0.00126. The van der Waals surface area contributed by atoms with Crippen molar-refractivity contribution in [2.45, 2.75) is 33.2 Å². The van der Waals surface area contributed by atoms with Gasteiger partial charge in [-0.05, 0) is 26.8 Å². The van der Waals surface area contributed by atoms with Crippen LogP contribution in [0.1, 0.15) is 27.2 Å². The van der Waals surface area contributed by atoms with E-state index < -0.39 is 0 Å². The highest BCUT2D eigenvalue weighted by Crippen LogP contribution is 2.12. The minimum Gasteiger partial charge on any atom is -0.359 e. The third-order valence-electron chi connectivity index (χ3n) is 2.16. The summed E-state index contributed by atoms with van der Waals surface area (Å²) < 4.78 is 0. The van der Waals surface area contributed by atoms with Crippen LogP contribution >= 0.6 is 0 Å². The first-order chi connectivity index (χ1) is 8.47. The van der Waals surface area contributed by atoms with Crippen LogP contribution in [0, 0.1) is 0 Å². The summed E-state index contributed by atoms with van der Waals surface area (Å²) in [4.78, 5) is 24.6. The van der Waals surface area contributed by atoms with Crippen LogP contribution in [0.25, 0.3) is 0 Å². The van der Waals surface area contributed by atoms with Crippen LogP contribution in [0.2, 0.25) is 0 Å². The molecule has 0 spiro atoms. The Hall–Kier alpha value is -1.84. The van der Waals surface area contributed by atoms with Gasteiger partial charge < -0.3 is 10.2 Å². The van der Waals surface area contributed by atoms with Crippen LogP contribution in [-0.2, 0) is 9.59 Å². The van der Waals surface area contributed by atoms with E-state index in [0.717, 1.165) is 5.70 Å². The lowest BCUT2D eigenvalue weighted by Crippen LogP contribution is -2.38. The summed E-state index contributed by atoms with van der Waals surface area (Å²) in [5.41, 5.74) is 0.726.